The van der Waals surface area contributed by atoms with Crippen LogP contribution in [0.2, 0.25) is 0 Å². The van der Waals surface area contributed by atoms with Gasteiger partial charge in [-0.1, -0.05) is 0 Å². The molecule has 5 nitrogen and oxygen atoms in total. The summed E-state index contributed by atoms with van der Waals surface area (Å²) < 4.78 is 10.3. The Morgan fingerprint density at radius 1 is 1.35 bits per heavy atom. The molecule has 1 aromatic rings. The Kier molecular flexibility index (Phi) is 6.91. The molecule has 1 heterocycles. The highest BCUT2D eigenvalue weighted by molar-refractivity contribution is 5.98. The number of aryl methyl sites for hydroxylation is 2. The molecule has 0 aromatic carbocycles. The number of Topliss-reactive ketones (excluding diaryl/α,β-unsaturated/α-hetero) is 1. The third kappa shape index (κ3) is 4.74. The summed E-state index contributed by atoms with van der Waals surface area (Å²) in [5.41, 5.74) is 2.72. The first kappa shape index (κ1) is 16.9. The third-order valence-electron chi connectivity index (χ3n) is 3.41. The van der Waals surface area contributed by atoms with E-state index >= 15 is 0 Å². The lowest BCUT2D eigenvalue weighted by Crippen LogP contribution is -2.41. The fraction of sp³-hybridized carbons (Fsp3) is 0.667. The number of nitrogens with one attached hydrogen (secondary N) is 1. The van der Waals surface area contributed by atoms with Crippen LogP contribution >= 0.6 is 0 Å². The van der Waals surface area contributed by atoms with Gasteiger partial charge in [0.2, 0.25) is 0 Å². The summed E-state index contributed by atoms with van der Waals surface area (Å²) in [6, 6.07) is 2.09. The van der Waals surface area contributed by atoms with E-state index in [1.54, 1.807) is 14.2 Å². The van der Waals surface area contributed by atoms with Gasteiger partial charge in [-0.25, -0.2) is 0 Å². The molecule has 1 aromatic heterocycles. The van der Waals surface area contributed by atoms with E-state index in [9.17, 15) is 4.79 Å². The average Bonchev–Trinajstić information content (AvgIpc) is 2.73. The van der Waals surface area contributed by atoms with E-state index in [1.807, 2.05) is 19.9 Å². The molecule has 0 saturated carbocycles. The topological polar surface area (TPSA) is 54.6 Å². The van der Waals surface area contributed by atoms with E-state index < -0.39 is 0 Å². The number of hydrogen-bond donors (Lipinski definition) is 1. The molecule has 0 aliphatic rings. The fourth-order valence-corrected chi connectivity index (χ4v) is 2.29. The van der Waals surface area contributed by atoms with Crippen molar-refractivity contribution in [2.24, 2.45) is 0 Å². The molecule has 0 aliphatic heterocycles. The predicted molar refractivity (Wildman–Crippen MR) is 79.4 cm³/mol. The van der Waals surface area contributed by atoms with Crippen LogP contribution in [0.4, 0.5) is 0 Å². The summed E-state index contributed by atoms with van der Waals surface area (Å²) in [6.45, 7) is 8.25. The number of aromatic amines is 1. The van der Waals surface area contributed by atoms with Gasteiger partial charge < -0.3 is 14.5 Å². The number of methoxy groups -OCH3 is 2. The minimum atomic E-state index is 0.130. The van der Waals surface area contributed by atoms with Crippen molar-refractivity contribution in [1.82, 2.24) is 9.88 Å². The van der Waals surface area contributed by atoms with Gasteiger partial charge in [0, 0.05) is 43.8 Å². The fourth-order valence-electron chi connectivity index (χ4n) is 2.29. The van der Waals surface area contributed by atoms with Gasteiger partial charge in [0.15, 0.2) is 5.78 Å². The quantitative estimate of drug-likeness (QED) is 0.702. The van der Waals surface area contributed by atoms with Crippen molar-refractivity contribution in [3.8, 4) is 0 Å². The summed E-state index contributed by atoms with van der Waals surface area (Å²) in [5.74, 6) is 0.130. The Morgan fingerprint density at radius 3 is 2.55 bits per heavy atom. The first-order valence-electron chi connectivity index (χ1n) is 6.91. The molecule has 0 fully saturated rings. The van der Waals surface area contributed by atoms with Crippen molar-refractivity contribution < 1.29 is 14.3 Å². The number of ether oxygens (including phenoxy) is 2. The minimum Gasteiger partial charge on any atom is -0.383 e. The monoisotopic (exact) mass is 282 g/mol. The van der Waals surface area contributed by atoms with E-state index in [-0.39, 0.29) is 11.8 Å². The maximum Gasteiger partial charge on any atom is 0.178 e. The van der Waals surface area contributed by atoms with Crippen LogP contribution in [0.15, 0.2) is 6.07 Å². The van der Waals surface area contributed by atoms with Crippen LogP contribution in [0.1, 0.15) is 28.7 Å². The average molecular weight is 282 g/mol. The number of carbonyl (C=O) groups excluding carboxylic acids is 1. The summed E-state index contributed by atoms with van der Waals surface area (Å²) in [5, 5.41) is 0. The number of carbonyl (C=O) groups is 1. The summed E-state index contributed by atoms with van der Waals surface area (Å²) in [7, 11) is 3.34. The number of hydrogen-bond acceptors (Lipinski definition) is 4. The van der Waals surface area contributed by atoms with Crippen molar-refractivity contribution in [2.45, 2.75) is 26.8 Å². The molecule has 1 N–H and O–H groups in total. The number of nitrogens with zero attached hydrogens (tertiary/aromatic N) is 1. The predicted octanol–water partition coefficient (Wildman–Crippen LogP) is 1.80. The molecule has 0 spiro atoms. The molecule has 1 atom stereocenters. The molecule has 0 aliphatic carbocycles. The highest BCUT2D eigenvalue weighted by Gasteiger charge is 2.19. The second kappa shape index (κ2) is 8.19. The molecular weight excluding hydrogens is 256 g/mol. The summed E-state index contributed by atoms with van der Waals surface area (Å²) in [6.07, 6.45) is 0. The van der Waals surface area contributed by atoms with E-state index in [2.05, 4.69) is 16.8 Å². The van der Waals surface area contributed by atoms with Gasteiger partial charge in [0.25, 0.3) is 0 Å². The molecule has 5 heteroatoms. The standard InChI is InChI=1S/C15H26N2O3/c1-11-8-14(13(3)16-11)15(18)9-17(6-7-19-4)12(2)10-20-5/h8,12,16H,6-7,9-10H2,1-5H3. The first-order chi connectivity index (χ1) is 9.49. The van der Waals surface area contributed by atoms with Crippen molar-refractivity contribution in [3.05, 3.63) is 23.0 Å². The molecular formula is C15H26N2O3. The number of H-pyrrole nitrogens is 1. The van der Waals surface area contributed by atoms with Crippen LogP contribution in [-0.4, -0.2) is 62.2 Å². The van der Waals surface area contributed by atoms with Gasteiger partial charge in [0.1, 0.15) is 0 Å². The SMILES string of the molecule is COCCN(CC(=O)c1cc(C)[nH]c1C)C(C)COC. The van der Waals surface area contributed by atoms with Crippen LogP contribution in [0.5, 0.6) is 0 Å². The number of aromatic nitrogens is 1. The van der Waals surface area contributed by atoms with Crippen LogP contribution in [0.25, 0.3) is 0 Å². The highest BCUT2D eigenvalue weighted by atomic mass is 16.5. The third-order valence-corrected chi connectivity index (χ3v) is 3.41. The Hall–Kier alpha value is -1.17. The van der Waals surface area contributed by atoms with E-state index in [4.69, 9.17) is 9.47 Å². The second-order valence-corrected chi connectivity index (χ2v) is 5.18. The lowest BCUT2D eigenvalue weighted by atomic mass is 10.1. The second-order valence-electron chi connectivity index (χ2n) is 5.18. The Morgan fingerprint density at radius 2 is 2.05 bits per heavy atom. The molecule has 0 amide bonds. The van der Waals surface area contributed by atoms with Crippen molar-refractivity contribution >= 4 is 5.78 Å². The maximum atomic E-state index is 12.4. The van der Waals surface area contributed by atoms with Crippen LogP contribution in [0.3, 0.4) is 0 Å². The van der Waals surface area contributed by atoms with Crippen LogP contribution in [0, 0.1) is 13.8 Å². The van der Waals surface area contributed by atoms with Gasteiger partial charge in [-0.05, 0) is 26.8 Å². The minimum absolute atomic E-state index is 0.130. The lowest BCUT2D eigenvalue weighted by molar-refractivity contribution is 0.0651. The van der Waals surface area contributed by atoms with Gasteiger partial charge in [-0.15, -0.1) is 0 Å². The van der Waals surface area contributed by atoms with Crippen molar-refractivity contribution in [2.75, 3.05) is 40.5 Å². The van der Waals surface area contributed by atoms with Gasteiger partial charge in [-0.3, -0.25) is 9.69 Å². The summed E-state index contributed by atoms with van der Waals surface area (Å²) in [4.78, 5) is 17.7. The van der Waals surface area contributed by atoms with Crippen LogP contribution in [-0.2, 0) is 9.47 Å². The van der Waals surface area contributed by atoms with E-state index in [1.165, 1.54) is 0 Å². The molecule has 1 rings (SSSR count). The van der Waals surface area contributed by atoms with Crippen molar-refractivity contribution in [1.29, 1.82) is 0 Å². The van der Waals surface area contributed by atoms with E-state index in [0.29, 0.717) is 19.8 Å². The zero-order valence-corrected chi connectivity index (χ0v) is 13.2. The Balaban J connectivity index is 2.72. The molecule has 0 bridgehead atoms. The Bertz CT molecular complexity index is 429. The largest absolute Gasteiger partial charge is 0.383 e. The molecule has 20 heavy (non-hydrogen) atoms. The summed E-state index contributed by atoms with van der Waals surface area (Å²) >= 11 is 0. The molecule has 1 unspecified atom stereocenters. The number of rotatable bonds is 9. The van der Waals surface area contributed by atoms with Crippen LogP contribution < -0.4 is 0 Å². The zero-order valence-electron chi connectivity index (χ0n) is 13.2. The lowest BCUT2D eigenvalue weighted by Gasteiger charge is -2.27. The molecule has 114 valence electrons. The van der Waals surface area contributed by atoms with E-state index in [0.717, 1.165) is 23.5 Å². The zero-order chi connectivity index (χ0) is 15.1. The van der Waals surface area contributed by atoms with Gasteiger partial charge in [-0.2, -0.15) is 0 Å². The first-order valence-corrected chi connectivity index (χ1v) is 6.91. The Labute approximate surface area is 121 Å². The normalized spacial score (nSPS) is 12.9. The number of ketones is 1. The molecule has 0 saturated heterocycles. The van der Waals surface area contributed by atoms with Gasteiger partial charge in [0.05, 0.1) is 19.8 Å². The maximum absolute atomic E-state index is 12.4. The van der Waals surface area contributed by atoms with Gasteiger partial charge >= 0.3 is 0 Å². The smallest absolute Gasteiger partial charge is 0.178 e. The van der Waals surface area contributed by atoms with Crippen molar-refractivity contribution in [3.63, 3.8) is 0 Å². The molecule has 0 radical (unpaired) electrons. The highest BCUT2D eigenvalue weighted by Crippen LogP contribution is 2.12.